The van der Waals surface area contributed by atoms with E-state index in [0.29, 0.717) is 49.6 Å². The molecule has 0 aliphatic rings. The van der Waals surface area contributed by atoms with Crippen LogP contribution in [0.2, 0.25) is 10.0 Å². The number of methoxy groups -OCH3 is 1. The molecule has 1 N–H and O–H groups in total. The minimum Gasteiger partial charge on any atom is -0.382 e. The van der Waals surface area contributed by atoms with E-state index >= 15 is 0 Å². The molecule has 108 valence electrons. The van der Waals surface area contributed by atoms with Crippen LogP contribution in [-0.2, 0) is 14.2 Å². The molecule has 0 radical (unpaired) electrons. The lowest BCUT2D eigenvalue weighted by atomic mass is 10.3. The Morgan fingerprint density at radius 1 is 1.00 bits per heavy atom. The average Bonchev–Trinajstić information content (AvgIpc) is 2.41. The fraction of sp³-hybridized carbons (Fsp3) is 0.538. The third-order valence-corrected chi connectivity index (χ3v) is 3.14. The molecular weight excluding hydrogens is 289 g/mol. The standard InChI is InChI=1S/C13H19Cl2NO3/c1-17-7-8-19-10-9-18-6-5-16-12-4-2-3-11(14)13(12)15/h2-4,16H,5-10H2,1H3. The SMILES string of the molecule is COCCOCCOCCNc1cccc(Cl)c1Cl. The van der Waals surface area contributed by atoms with Gasteiger partial charge in [-0.05, 0) is 12.1 Å². The maximum absolute atomic E-state index is 6.04. The van der Waals surface area contributed by atoms with E-state index in [1.807, 2.05) is 12.1 Å². The maximum atomic E-state index is 6.04. The number of hydrogen-bond acceptors (Lipinski definition) is 4. The van der Waals surface area contributed by atoms with Gasteiger partial charge in [0.15, 0.2) is 0 Å². The van der Waals surface area contributed by atoms with Crippen LogP contribution in [0, 0.1) is 0 Å². The Morgan fingerprint density at radius 3 is 2.42 bits per heavy atom. The Bertz CT molecular complexity index is 364. The highest BCUT2D eigenvalue weighted by Crippen LogP contribution is 2.29. The molecule has 0 aromatic heterocycles. The first kappa shape index (κ1) is 16.5. The van der Waals surface area contributed by atoms with Gasteiger partial charge in [0.2, 0.25) is 0 Å². The van der Waals surface area contributed by atoms with Crippen molar-refractivity contribution in [1.82, 2.24) is 0 Å². The van der Waals surface area contributed by atoms with E-state index in [-0.39, 0.29) is 0 Å². The molecule has 1 aromatic carbocycles. The van der Waals surface area contributed by atoms with Crippen molar-refractivity contribution in [1.29, 1.82) is 0 Å². The Morgan fingerprint density at radius 2 is 1.68 bits per heavy atom. The van der Waals surface area contributed by atoms with Gasteiger partial charge in [0, 0.05) is 13.7 Å². The second-order valence-corrected chi connectivity index (χ2v) is 4.53. The van der Waals surface area contributed by atoms with Crippen LogP contribution < -0.4 is 5.32 Å². The van der Waals surface area contributed by atoms with Crippen molar-refractivity contribution in [2.24, 2.45) is 0 Å². The number of anilines is 1. The molecule has 0 fully saturated rings. The molecule has 1 aromatic rings. The summed E-state index contributed by atoms with van der Waals surface area (Å²) in [5, 5.41) is 4.24. The summed E-state index contributed by atoms with van der Waals surface area (Å²) in [6, 6.07) is 5.48. The summed E-state index contributed by atoms with van der Waals surface area (Å²) < 4.78 is 15.5. The van der Waals surface area contributed by atoms with Gasteiger partial charge < -0.3 is 19.5 Å². The van der Waals surface area contributed by atoms with Crippen molar-refractivity contribution in [3.05, 3.63) is 28.2 Å². The number of benzene rings is 1. The summed E-state index contributed by atoms with van der Waals surface area (Å²) in [7, 11) is 1.65. The first-order valence-electron chi connectivity index (χ1n) is 6.08. The third-order valence-electron chi connectivity index (χ3n) is 2.32. The molecular formula is C13H19Cl2NO3. The number of ether oxygens (including phenoxy) is 3. The zero-order valence-electron chi connectivity index (χ0n) is 11.0. The summed E-state index contributed by atoms with van der Waals surface area (Å²) >= 11 is 11.9. The molecule has 4 nitrogen and oxygen atoms in total. The van der Waals surface area contributed by atoms with Gasteiger partial charge >= 0.3 is 0 Å². The number of rotatable bonds is 10. The van der Waals surface area contributed by atoms with Gasteiger partial charge in [0.05, 0.1) is 48.8 Å². The zero-order valence-corrected chi connectivity index (χ0v) is 12.5. The van der Waals surface area contributed by atoms with Gasteiger partial charge in [-0.2, -0.15) is 0 Å². The van der Waals surface area contributed by atoms with Crippen LogP contribution in [0.15, 0.2) is 18.2 Å². The summed E-state index contributed by atoms with van der Waals surface area (Å²) in [4.78, 5) is 0. The van der Waals surface area contributed by atoms with E-state index in [1.54, 1.807) is 13.2 Å². The molecule has 0 aliphatic heterocycles. The predicted molar refractivity (Wildman–Crippen MR) is 78.5 cm³/mol. The van der Waals surface area contributed by atoms with E-state index in [4.69, 9.17) is 37.4 Å². The molecule has 0 heterocycles. The van der Waals surface area contributed by atoms with E-state index in [1.165, 1.54) is 0 Å². The molecule has 0 amide bonds. The topological polar surface area (TPSA) is 39.7 Å². The quantitative estimate of drug-likeness (QED) is 0.674. The molecule has 6 heteroatoms. The van der Waals surface area contributed by atoms with Crippen LogP contribution in [0.25, 0.3) is 0 Å². The Hall–Kier alpha value is -0.520. The lowest BCUT2D eigenvalue weighted by Gasteiger charge is -2.10. The molecule has 19 heavy (non-hydrogen) atoms. The number of halogens is 2. The highest BCUT2D eigenvalue weighted by molar-refractivity contribution is 6.43. The fourth-order valence-electron chi connectivity index (χ4n) is 1.36. The fourth-order valence-corrected chi connectivity index (χ4v) is 1.73. The molecule has 0 aliphatic carbocycles. The average molecular weight is 308 g/mol. The first-order chi connectivity index (χ1) is 9.25. The maximum Gasteiger partial charge on any atom is 0.0823 e. The van der Waals surface area contributed by atoms with Gasteiger partial charge in [0.25, 0.3) is 0 Å². The zero-order chi connectivity index (χ0) is 13.9. The molecule has 0 saturated heterocycles. The summed E-state index contributed by atoms with van der Waals surface area (Å²) in [6.45, 7) is 3.58. The Kier molecular flexibility index (Phi) is 8.95. The minimum atomic E-state index is 0.534. The molecule has 0 bridgehead atoms. The lowest BCUT2D eigenvalue weighted by molar-refractivity contribution is 0.0272. The normalized spacial score (nSPS) is 10.7. The summed E-state index contributed by atoms with van der Waals surface area (Å²) in [5.74, 6) is 0. The highest BCUT2D eigenvalue weighted by atomic mass is 35.5. The van der Waals surface area contributed by atoms with Crippen LogP contribution in [0.1, 0.15) is 0 Å². The van der Waals surface area contributed by atoms with Crippen molar-refractivity contribution in [2.45, 2.75) is 0 Å². The van der Waals surface area contributed by atoms with Gasteiger partial charge in [-0.1, -0.05) is 29.3 Å². The predicted octanol–water partition coefficient (Wildman–Crippen LogP) is 3.08. The smallest absolute Gasteiger partial charge is 0.0823 e. The third kappa shape index (κ3) is 6.99. The summed E-state index contributed by atoms with van der Waals surface area (Å²) in [6.07, 6.45) is 0. The van der Waals surface area contributed by atoms with Crippen molar-refractivity contribution in [3.8, 4) is 0 Å². The van der Waals surface area contributed by atoms with Crippen LogP contribution in [0.5, 0.6) is 0 Å². The number of hydrogen-bond donors (Lipinski definition) is 1. The molecule has 0 saturated carbocycles. The summed E-state index contributed by atoms with van der Waals surface area (Å²) in [5.41, 5.74) is 0.814. The largest absolute Gasteiger partial charge is 0.382 e. The molecule has 0 spiro atoms. The monoisotopic (exact) mass is 307 g/mol. The second-order valence-electron chi connectivity index (χ2n) is 3.75. The van der Waals surface area contributed by atoms with Crippen molar-refractivity contribution < 1.29 is 14.2 Å². The Labute approximate surface area is 123 Å². The highest BCUT2D eigenvalue weighted by Gasteiger charge is 2.02. The first-order valence-corrected chi connectivity index (χ1v) is 6.83. The van der Waals surface area contributed by atoms with E-state index in [9.17, 15) is 0 Å². The molecule has 0 atom stereocenters. The van der Waals surface area contributed by atoms with Gasteiger partial charge in [-0.15, -0.1) is 0 Å². The van der Waals surface area contributed by atoms with Crippen molar-refractivity contribution in [3.63, 3.8) is 0 Å². The van der Waals surface area contributed by atoms with Gasteiger partial charge in [0.1, 0.15) is 0 Å². The van der Waals surface area contributed by atoms with Crippen molar-refractivity contribution in [2.75, 3.05) is 52.0 Å². The van der Waals surface area contributed by atoms with Gasteiger partial charge in [-0.25, -0.2) is 0 Å². The van der Waals surface area contributed by atoms with E-state index in [2.05, 4.69) is 5.32 Å². The number of nitrogens with one attached hydrogen (secondary N) is 1. The molecule has 0 unspecified atom stereocenters. The van der Waals surface area contributed by atoms with Gasteiger partial charge in [-0.3, -0.25) is 0 Å². The van der Waals surface area contributed by atoms with Crippen LogP contribution in [0.4, 0.5) is 5.69 Å². The van der Waals surface area contributed by atoms with E-state index in [0.717, 1.165) is 5.69 Å². The second kappa shape index (κ2) is 10.3. The molecule has 1 rings (SSSR count). The van der Waals surface area contributed by atoms with Crippen LogP contribution in [0.3, 0.4) is 0 Å². The van der Waals surface area contributed by atoms with Crippen molar-refractivity contribution >= 4 is 28.9 Å². The Balaban J connectivity index is 2.03. The van der Waals surface area contributed by atoms with Crippen LogP contribution in [-0.4, -0.2) is 46.7 Å². The lowest BCUT2D eigenvalue weighted by Crippen LogP contribution is -2.13. The van der Waals surface area contributed by atoms with Crippen LogP contribution >= 0.6 is 23.2 Å². The van der Waals surface area contributed by atoms with E-state index < -0.39 is 0 Å². The minimum absolute atomic E-state index is 0.534.